The first-order chi connectivity index (χ1) is 12.6. The van der Waals surface area contributed by atoms with Crippen LogP contribution in [0.15, 0.2) is 29.4 Å². The second-order valence-electron chi connectivity index (χ2n) is 8.77. The minimum absolute atomic E-state index is 0.0290. The van der Waals surface area contributed by atoms with Crippen molar-refractivity contribution < 1.29 is 14.3 Å². The maximum atomic E-state index is 15.3. The third-order valence-corrected chi connectivity index (χ3v) is 6.02. The topological polar surface area (TPSA) is 41.8 Å². The molecule has 0 aromatic heterocycles. The zero-order chi connectivity index (χ0) is 20.0. The second kappa shape index (κ2) is 6.66. The fraction of sp³-hybridized carbons (Fsp3) is 0.435. The molecule has 0 spiro atoms. The molecule has 1 aliphatic carbocycles. The summed E-state index contributed by atoms with van der Waals surface area (Å²) in [5.41, 5.74) is 5.20. The monoisotopic (exact) mass is 369 g/mol. The highest BCUT2D eigenvalue weighted by molar-refractivity contribution is 5.86. The molecule has 1 aliphatic rings. The molecule has 2 aromatic rings. The first kappa shape index (κ1) is 19.4. The molecule has 0 radical (unpaired) electrons. The molecule has 4 heteroatoms. The van der Waals surface area contributed by atoms with Crippen molar-refractivity contribution >= 4 is 6.21 Å². The summed E-state index contributed by atoms with van der Waals surface area (Å²) in [7, 11) is 1.54. The van der Waals surface area contributed by atoms with Gasteiger partial charge >= 0.3 is 0 Å². The van der Waals surface area contributed by atoms with E-state index in [1.807, 2.05) is 6.92 Å². The fourth-order valence-electron chi connectivity index (χ4n) is 4.15. The van der Waals surface area contributed by atoms with Crippen LogP contribution in [0, 0.1) is 12.7 Å². The second-order valence-corrected chi connectivity index (χ2v) is 8.77. The summed E-state index contributed by atoms with van der Waals surface area (Å²) in [6.07, 6.45) is 3.33. The zero-order valence-corrected chi connectivity index (χ0v) is 17.0. The molecule has 0 heterocycles. The van der Waals surface area contributed by atoms with Gasteiger partial charge in [-0.2, -0.15) is 0 Å². The minimum Gasteiger partial charge on any atom is -0.496 e. The van der Waals surface area contributed by atoms with E-state index in [2.05, 4.69) is 45.0 Å². The number of halogens is 1. The molecule has 0 unspecified atom stereocenters. The maximum Gasteiger partial charge on any atom is 0.143 e. The van der Waals surface area contributed by atoms with Crippen molar-refractivity contribution in [2.45, 2.75) is 58.3 Å². The molecule has 0 amide bonds. The fourth-order valence-corrected chi connectivity index (χ4v) is 4.15. The van der Waals surface area contributed by atoms with Crippen LogP contribution in [0.25, 0.3) is 11.1 Å². The number of aryl methyl sites for hydroxylation is 1. The van der Waals surface area contributed by atoms with Crippen LogP contribution in [0.5, 0.6) is 5.75 Å². The van der Waals surface area contributed by atoms with Gasteiger partial charge in [-0.25, -0.2) is 4.39 Å². The van der Waals surface area contributed by atoms with Crippen LogP contribution in [0.4, 0.5) is 4.39 Å². The van der Waals surface area contributed by atoms with Gasteiger partial charge in [-0.15, -0.1) is 0 Å². The molecule has 0 aliphatic heterocycles. The van der Waals surface area contributed by atoms with Gasteiger partial charge in [-0.3, -0.25) is 0 Å². The lowest BCUT2D eigenvalue weighted by atomic mass is 9.62. The number of oxime groups is 1. The molecular weight excluding hydrogens is 341 g/mol. The highest BCUT2D eigenvalue weighted by Gasteiger charge is 2.37. The lowest BCUT2D eigenvalue weighted by Crippen LogP contribution is -2.34. The Bertz CT molecular complexity index is 913. The molecule has 2 aromatic carbocycles. The van der Waals surface area contributed by atoms with Crippen LogP contribution < -0.4 is 4.74 Å². The van der Waals surface area contributed by atoms with Crippen molar-refractivity contribution in [1.29, 1.82) is 0 Å². The molecule has 0 saturated carbocycles. The predicted octanol–water partition coefficient (Wildman–Crippen LogP) is 5.97. The van der Waals surface area contributed by atoms with Crippen LogP contribution in [0.2, 0.25) is 0 Å². The van der Waals surface area contributed by atoms with E-state index in [0.29, 0.717) is 11.3 Å². The van der Waals surface area contributed by atoms with Crippen molar-refractivity contribution in [3.05, 3.63) is 52.3 Å². The summed E-state index contributed by atoms with van der Waals surface area (Å²) in [5, 5.41) is 11.8. The Balaban J connectivity index is 2.33. The Morgan fingerprint density at radius 1 is 1.07 bits per heavy atom. The van der Waals surface area contributed by atoms with Crippen LogP contribution in [-0.2, 0) is 10.8 Å². The smallest absolute Gasteiger partial charge is 0.143 e. The van der Waals surface area contributed by atoms with Crippen LogP contribution in [0.1, 0.15) is 62.8 Å². The number of hydrogen-bond acceptors (Lipinski definition) is 3. The average Bonchev–Trinajstić information content (AvgIpc) is 2.61. The summed E-state index contributed by atoms with van der Waals surface area (Å²) in [6, 6.07) is 7.60. The Morgan fingerprint density at radius 2 is 1.67 bits per heavy atom. The van der Waals surface area contributed by atoms with Gasteiger partial charge in [0.05, 0.1) is 18.9 Å². The first-order valence-electron chi connectivity index (χ1n) is 9.32. The number of fused-ring (bicyclic) bond motifs is 1. The number of methoxy groups -OCH3 is 1. The first-order valence-corrected chi connectivity index (χ1v) is 9.32. The summed E-state index contributed by atoms with van der Waals surface area (Å²) in [5.74, 6) is 0.0293. The molecule has 1 N–H and O–H groups in total. The number of ether oxygens (including phenoxy) is 1. The molecule has 0 atom stereocenters. The third kappa shape index (κ3) is 3.22. The Labute approximate surface area is 160 Å². The van der Waals surface area contributed by atoms with Crippen LogP contribution in [0.3, 0.4) is 0 Å². The number of nitrogens with zero attached hydrogens (tertiary/aromatic N) is 1. The van der Waals surface area contributed by atoms with E-state index in [9.17, 15) is 0 Å². The SMILES string of the molecule is COc1ccc(/C=N/O)c(F)c1-c1cc2c(cc1C)C(C)(C)CCC2(C)C. The number of rotatable bonds is 3. The van der Waals surface area contributed by atoms with Gasteiger partial charge in [-0.1, -0.05) is 38.9 Å². The largest absolute Gasteiger partial charge is 0.496 e. The minimum atomic E-state index is -0.442. The molecule has 0 fully saturated rings. The van der Waals surface area contributed by atoms with E-state index in [1.165, 1.54) is 11.1 Å². The van der Waals surface area contributed by atoms with Gasteiger partial charge in [0.25, 0.3) is 0 Å². The zero-order valence-electron chi connectivity index (χ0n) is 17.0. The highest BCUT2D eigenvalue weighted by atomic mass is 19.1. The summed E-state index contributed by atoms with van der Waals surface area (Å²) in [4.78, 5) is 0. The normalized spacial score (nSPS) is 17.7. The van der Waals surface area contributed by atoms with Crippen molar-refractivity contribution in [3.8, 4) is 16.9 Å². The molecule has 3 nitrogen and oxygen atoms in total. The molecule has 0 saturated heterocycles. The van der Waals surface area contributed by atoms with E-state index in [1.54, 1.807) is 19.2 Å². The number of benzene rings is 2. The Morgan fingerprint density at radius 3 is 2.22 bits per heavy atom. The van der Waals surface area contributed by atoms with Crippen molar-refractivity contribution in [2.75, 3.05) is 7.11 Å². The molecule has 27 heavy (non-hydrogen) atoms. The quantitative estimate of drug-likeness (QED) is 0.412. The molecule has 3 rings (SSSR count). The van der Waals surface area contributed by atoms with Gasteiger partial charge in [0.15, 0.2) is 0 Å². The van der Waals surface area contributed by atoms with Gasteiger partial charge in [0.1, 0.15) is 11.6 Å². The Kier molecular flexibility index (Phi) is 4.79. The van der Waals surface area contributed by atoms with Gasteiger partial charge < -0.3 is 9.94 Å². The van der Waals surface area contributed by atoms with Gasteiger partial charge in [-0.05, 0) is 71.0 Å². The van der Waals surface area contributed by atoms with Crippen molar-refractivity contribution in [1.82, 2.24) is 0 Å². The van der Waals surface area contributed by atoms with Crippen molar-refractivity contribution in [2.24, 2.45) is 5.16 Å². The molecule has 0 bridgehead atoms. The lowest BCUT2D eigenvalue weighted by Gasteiger charge is -2.42. The standard InChI is InChI=1S/C23H28FNO2/c1-14-11-17-18(23(4,5)10-9-22(17,2)3)12-16(14)20-19(27-6)8-7-15(13-25-26)21(20)24/h7-8,11-13,26H,9-10H2,1-6H3/b25-13+. The Hall–Kier alpha value is -2.36. The van der Waals surface area contributed by atoms with Crippen molar-refractivity contribution in [3.63, 3.8) is 0 Å². The van der Waals surface area contributed by atoms with E-state index in [-0.39, 0.29) is 16.4 Å². The van der Waals surface area contributed by atoms with Gasteiger partial charge in [0.2, 0.25) is 0 Å². The summed E-state index contributed by atoms with van der Waals surface area (Å²) >= 11 is 0. The van der Waals surface area contributed by atoms with E-state index in [4.69, 9.17) is 9.94 Å². The van der Waals surface area contributed by atoms with Crippen LogP contribution in [-0.4, -0.2) is 18.5 Å². The molecule has 144 valence electrons. The highest BCUT2D eigenvalue weighted by Crippen LogP contribution is 2.48. The third-order valence-electron chi connectivity index (χ3n) is 6.02. The van der Waals surface area contributed by atoms with E-state index < -0.39 is 5.82 Å². The van der Waals surface area contributed by atoms with Gasteiger partial charge in [0, 0.05) is 5.56 Å². The van der Waals surface area contributed by atoms with E-state index in [0.717, 1.165) is 30.2 Å². The van der Waals surface area contributed by atoms with E-state index >= 15 is 4.39 Å². The number of hydrogen-bond donors (Lipinski definition) is 1. The molecular formula is C23H28FNO2. The average molecular weight is 369 g/mol. The predicted molar refractivity (Wildman–Crippen MR) is 108 cm³/mol. The van der Waals surface area contributed by atoms with Crippen LogP contribution >= 0.6 is 0 Å². The summed E-state index contributed by atoms with van der Waals surface area (Å²) in [6.45, 7) is 11.1. The maximum absolute atomic E-state index is 15.3. The summed E-state index contributed by atoms with van der Waals surface area (Å²) < 4.78 is 20.7. The lowest BCUT2D eigenvalue weighted by molar-refractivity contribution is 0.321.